The fourth-order valence-electron chi connectivity index (χ4n) is 2.26. The van der Waals surface area contributed by atoms with Crippen LogP contribution in [0.5, 0.6) is 0 Å². The molecule has 0 bridgehead atoms. The van der Waals surface area contributed by atoms with Crippen molar-refractivity contribution in [2.45, 2.75) is 31.9 Å². The Balaban J connectivity index is 0.000000922. The first-order valence-corrected chi connectivity index (χ1v) is 8.74. The van der Waals surface area contributed by atoms with Gasteiger partial charge in [0, 0.05) is 6.08 Å². The van der Waals surface area contributed by atoms with Gasteiger partial charge in [0.25, 0.3) is 0 Å². The van der Waals surface area contributed by atoms with Gasteiger partial charge in [0.2, 0.25) is 0 Å². The van der Waals surface area contributed by atoms with E-state index in [1.54, 1.807) is 0 Å². The Labute approximate surface area is 143 Å². The van der Waals surface area contributed by atoms with Crippen molar-refractivity contribution in [3.63, 3.8) is 0 Å². The monoisotopic (exact) mass is 359 g/mol. The number of likely N-dealkylation sites (N-methyl/N-ethyl adjacent to an activating group) is 1. The Morgan fingerprint density at radius 2 is 1.79 bits per heavy atom. The molecule has 2 unspecified atom stereocenters. The summed E-state index contributed by atoms with van der Waals surface area (Å²) in [6, 6.07) is 10.2. The third kappa shape index (κ3) is 10.1. The van der Waals surface area contributed by atoms with E-state index in [0.29, 0.717) is 0 Å². The SMILES string of the molecule is C=CC(=O)OC(CCC)C(c1ccccc1)N(C)C.O=S(=O)(O)O. The van der Waals surface area contributed by atoms with Crippen LogP contribution in [0.25, 0.3) is 0 Å². The zero-order valence-corrected chi connectivity index (χ0v) is 14.9. The maximum absolute atomic E-state index is 11.5. The smallest absolute Gasteiger partial charge is 0.394 e. The van der Waals surface area contributed by atoms with Crippen molar-refractivity contribution >= 4 is 16.4 Å². The molecule has 7 nitrogen and oxygen atoms in total. The molecular formula is C16H25NO6S. The van der Waals surface area contributed by atoms with E-state index >= 15 is 0 Å². The predicted molar refractivity (Wildman–Crippen MR) is 92.0 cm³/mol. The van der Waals surface area contributed by atoms with Crippen molar-refractivity contribution in [3.8, 4) is 0 Å². The number of hydrogen-bond acceptors (Lipinski definition) is 5. The molecule has 1 aromatic carbocycles. The number of esters is 1. The maximum atomic E-state index is 11.5. The second-order valence-corrected chi connectivity index (χ2v) is 6.13. The van der Waals surface area contributed by atoms with Crippen molar-refractivity contribution in [2.75, 3.05) is 14.1 Å². The minimum absolute atomic E-state index is 0.0602. The average Bonchev–Trinajstić information content (AvgIpc) is 2.46. The Morgan fingerprint density at radius 1 is 1.29 bits per heavy atom. The molecule has 0 saturated carbocycles. The molecule has 0 spiro atoms. The first-order chi connectivity index (χ1) is 11.1. The molecule has 0 aliphatic heterocycles. The molecule has 2 atom stereocenters. The second kappa shape index (κ2) is 10.9. The Bertz CT molecular complexity index is 592. The van der Waals surface area contributed by atoms with Crippen LogP contribution in [-0.4, -0.2) is 48.6 Å². The molecule has 2 N–H and O–H groups in total. The summed E-state index contributed by atoms with van der Waals surface area (Å²) >= 11 is 0. The van der Waals surface area contributed by atoms with Crippen LogP contribution in [0.2, 0.25) is 0 Å². The fourth-order valence-corrected chi connectivity index (χ4v) is 2.26. The molecular weight excluding hydrogens is 334 g/mol. The lowest BCUT2D eigenvalue weighted by molar-refractivity contribution is -0.146. The topological polar surface area (TPSA) is 104 Å². The van der Waals surface area contributed by atoms with Gasteiger partial charge < -0.3 is 4.74 Å². The lowest BCUT2D eigenvalue weighted by Crippen LogP contribution is -2.34. The number of ether oxygens (including phenoxy) is 1. The number of nitrogens with zero attached hydrogens (tertiary/aromatic N) is 1. The van der Waals surface area contributed by atoms with Crippen molar-refractivity contribution in [1.29, 1.82) is 0 Å². The summed E-state index contributed by atoms with van der Waals surface area (Å²) in [6.07, 6.45) is 2.86. The van der Waals surface area contributed by atoms with Crippen LogP contribution < -0.4 is 0 Å². The number of carbonyl (C=O) groups excluding carboxylic acids is 1. The van der Waals surface area contributed by atoms with E-state index in [1.807, 2.05) is 32.3 Å². The largest absolute Gasteiger partial charge is 0.457 e. The van der Waals surface area contributed by atoms with Crippen molar-refractivity contribution in [3.05, 3.63) is 48.6 Å². The van der Waals surface area contributed by atoms with E-state index in [4.69, 9.17) is 22.3 Å². The number of benzene rings is 1. The Morgan fingerprint density at radius 3 is 2.17 bits per heavy atom. The first-order valence-electron chi connectivity index (χ1n) is 7.34. The van der Waals surface area contributed by atoms with Crippen LogP contribution in [0.3, 0.4) is 0 Å². The molecule has 136 valence electrons. The molecule has 0 aliphatic carbocycles. The zero-order valence-electron chi connectivity index (χ0n) is 14.1. The van der Waals surface area contributed by atoms with Crippen LogP contribution in [0.1, 0.15) is 31.4 Å². The maximum Gasteiger partial charge on any atom is 0.394 e. The Hall–Kier alpha value is -1.74. The minimum Gasteiger partial charge on any atom is -0.457 e. The van der Waals surface area contributed by atoms with Gasteiger partial charge in [-0.1, -0.05) is 50.3 Å². The standard InChI is InChI=1S/C16H23NO2.H2O4S/c1-5-10-14(19-15(18)6-2)16(17(3)4)13-11-8-7-9-12-13;1-5(2,3)4/h6-9,11-12,14,16H,2,5,10H2,1,3-4H3;(H2,1,2,3,4). The molecule has 1 rings (SSSR count). The van der Waals surface area contributed by atoms with Crippen molar-refractivity contribution < 1.29 is 27.1 Å². The van der Waals surface area contributed by atoms with Gasteiger partial charge in [-0.3, -0.25) is 14.0 Å². The molecule has 8 heteroatoms. The fraction of sp³-hybridized carbons (Fsp3) is 0.438. The summed E-state index contributed by atoms with van der Waals surface area (Å²) in [7, 11) is -0.663. The highest BCUT2D eigenvalue weighted by molar-refractivity contribution is 7.79. The highest BCUT2D eigenvalue weighted by Crippen LogP contribution is 2.27. The summed E-state index contributed by atoms with van der Waals surface area (Å²) in [5, 5.41) is 0. The summed E-state index contributed by atoms with van der Waals surface area (Å²) in [5.74, 6) is -0.360. The van der Waals surface area contributed by atoms with Crippen LogP contribution in [0, 0.1) is 0 Å². The summed E-state index contributed by atoms with van der Waals surface area (Å²) < 4.78 is 37.1. The van der Waals surface area contributed by atoms with Crippen LogP contribution in [0.15, 0.2) is 43.0 Å². The van der Waals surface area contributed by atoms with E-state index in [9.17, 15) is 4.79 Å². The molecule has 0 fully saturated rings. The van der Waals surface area contributed by atoms with Crippen LogP contribution >= 0.6 is 0 Å². The highest BCUT2D eigenvalue weighted by atomic mass is 32.3. The van der Waals surface area contributed by atoms with Gasteiger partial charge in [-0.15, -0.1) is 0 Å². The number of hydrogen-bond donors (Lipinski definition) is 2. The van der Waals surface area contributed by atoms with Gasteiger partial charge in [0.05, 0.1) is 6.04 Å². The van der Waals surface area contributed by atoms with Gasteiger partial charge in [-0.25, -0.2) is 4.79 Å². The average molecular weight is 359 g/mol. The molecule has 0 aromatic heterocycles. The zero-order chi connectivity index (χ0) is 18.8. The van der Waals surface area contributed by atoms with Crippen molar-refractivity contribution in [1.82, 2.24) is 4.90 Å². The van der Waals surface area contributed by atoms with Gasteiger partial charge in [0.1, 0.15) is 6.10 Å². The normalized spacial score (nSPS) is 13.4. The lowest BCUT2D eigenvalue weighted by Gasteiger charge is -2.32. The quantitative estimate of drug-likeness (QED) is 0.438. The van der Waals surface area contributed by atoms with E-state index in [2.05, 4.69) is 30.5 Å². The number of carbonyl (C=O) groups is 1. The van der Waals surface area contributed by atoms with Crippen molar-refractivity contribution in [2.24, 2.45) is 0 Å². The van der Waals surface area contributed by atoms with Gasteiger partial charge in [-0.05, 0) is 26.1 Å². The molecule has 0 heterocycles. The van der Waals surface area contributed by atoms with Gasteiger partial charge in [0.15, 0.2) is 0 Å². The molecule has 0 amide bonds. The third-order valence-electron chi connectivity index (χ3n) is 3.06. The van der Waals surface area contributed by atoms with E-state index < -0.39 is 10.4 Å². The third-order valence-corrected chi connectivity index (χ3v) is 3.06. The van der Waals surface area contributed by atoms with Gasteiger partial charge in [-0.2, -0.15) is 8.42 Å². The van der Waals surface area contributed by atoms with Gasteiger partial charge >= 0.3 is 16.4 Å². The highest BCUT2D eigenvalue weighted by Gasteiger charge is 2.27. The Kier molecular flexibility index (Phi) is 10.1. The van der Waals surface area contributed by atoms with Crippen LogP contribution in [-0.2, 0) is 19.9 Å². The molecule has 0 radical (unpaired) electrons. The summed E-state index contributed by atoms with van der Waals surface area (Å²) in [5.41, 5.74) is 1.16. The molecule has 24 heavy (non-hydrogen) atoms. The van der Waals surface area contributed by atoms with E-state index in [1.165, 1.54) is 6.08 Å². The minimum atomic E-state index is -4.67. The summed E-state index contributed by atoms with van der Waals surface area (Å²) in [4.78, 5) is 13.6. The van der Waals surface area contributed by atoms with Crippen LogP contribution in [0.4, 0.5) is 0 Å². The van der Waals surface area contributed by atoms with E-state index in [-0.39, 0.29) is 18.1 Å². The summed E-state index contributed by atoms with van der Waals surface area (Å²) in [6.45, 7) is 5.55. The number of rotatable bonds is 7. The second-order valence-electron chi connectivity index (χ2n) is 5.24. The lowest BCUT2D eigenvalue weighted by atomic mass is 9.97. The molecule has 0 saturated heterocycles. The molecule has 0 aliphatic rings. The van der Waals surface area contributed by atoms with E-state index in [0.717, 1.165) is 18.4 Å². The predicted octanol–water partition coefficient (Wildman–Crippen LogP) is 2.53. The first kappa shape index (κ1) is 22.3. The molecule has 1 aromatic rings.